The van der Waals surface area contributed by atoms with E-state index in [1.54, 1.807) is 6.07 Å². The van der Waals surface area contributed by atoms with E-state index in [1.807, 2.05) is 39.9 Å². The minimum Gasteiger partial charge on any atom is -0.508 e. The Bertz CT molecular complexity index is 547. The molecule has 2 aromatic carbocycles. The predicted molar refractivity (Wildman–Crippen MR) is 69.0 cm³/mol. The van der Waals surface area contributed by atoms with Gasteiger partial charge in [0.1, 0.15) is 19.3 Å². The molecule has 3 heteroatoms. The van der Waals surface area contributed by atoms with Gasteiger partial charge in [0.25, 0.3) is 0 Å². The summed E-state index contributed by atoms with van der Waals surface area (Å²) in [4.78, 5) is 0. The molecule has 1 unspecified atom stereocenters. The molecule has 0 aromatic heterocycles. The molecule has 0 saturated carbocycles. The lowest BCUT2D eigenvalue weighted by Crippen LogP contribution is -1.93. The molecule has 0 radical (unpaired) electrons. The van der Waals surface area contributed by atoms with E-state index in [1.165, 1.54) is 0 Å². The summed E-state index contributed by atoms with van der Waals surface area (Å²) in [6.45, 7) is 3.88. The second kappa shape index (κ2) is 3.74. The molecule has 0 spiro atoms. The van der Waals surface area contributed by atoms with Crippen LogP contribution in [0.3, 0.4) is 0 Å². The van der Waals surface area contributed by atoms with Crippen molar-refractivity contribution in [2.45, 2.75) is 19.7 Å². The molecule has 2 N–H and O–H groups in total. The summed E-state index contributed by atoms with van der Waals surface area (Å²) in [6.07, 6.45) is 0. The van der Waals surface area contributed by atoms with E-state index >= 15 is 0 Å². The highest BCUT2D eigenvalue weighted by atomic mass is 16.3. The highest BCUT2D eigenvalue weighted by molar-refractivity contribution is 6.13. The number of aryl methyl sites for hydroxylation is 1. The first-order chi connectivity index (χ1) is 7.50. The molecular formula is C13H15BO2. The fraction of sp³-hybridized carbons (Fsp3) is 0.231. The van der Waals surface area contributed by atoms with Gasteiger partial charge >= 0.3 is 0 Å². The third-order valence-electron chi connectivity index (χ3n) is 2.96. The lowest BCUT2D eigenvalue weighted by Gasteiger charge is -2.12. The van der Waals surface area contributed by atoms with Crippen LogP contribution >= 0.6 is 0 Å². The Morgan fingerprint density at radius 1 is 1.19 bits per heavy atom. The van der Waals surface area contributed by atoms with Gasteiger partial charge in [-0.2, -0.15) is 0 Å². The Kier molecular flexibility index (Phi) is 2.54. The van der Waals surface area contributed by atoms with Gasteiger partial charge in [-0.25, -0.2) is 0 Å². The zero-order chi connectivity index (χ0) is 11.9. The average Bonchev–Trinajstić information content (AvgIpc) is 2.21. The van der Waals surface area contributed by atoms with Crippen LogP contribution in [0, 0.1) is 6.92 Å². The van der Waals surface area contributed by atoms with Crippen LogP contribution in [0.25, 0.3) is 10.8 Å². The molecule has 0 amide bonds. The van der Waals surface area contributed by atoms with E-state index in [9.17, 15) is 10.2 Å². The van der Waals surface area contributed by atoms with Crippen LogP contribution in [0.2, 0.25) is 0 Å². The third kappa shape index (κ3) is 1.62. The molecule has 0 bridgehead atoms. The molecule has 0 heterocycles. The number of hydrogen-bond acceptors (Lipinski definition) is 2. The largest absolute Gasteiger partial charge is 0.508 e. The fourth-order valence-electron chi connectivity index (χ4n) is 1.94. The van der Waals surface area contributed by atoms with Gasteiger partial charge in [-0.1, -0.05) is 19.1 Å². The van der Waals surface area contributed by atoms with Crippen LogP contribution in [-0.4, -0.2) is 18.1 Å². The zero-order valence-corrected chi connectivity index (χ0v) is 9.78. The van der Waals surface area contributed by atoms with Crippen molar-refractivity contribution < 1.29 is 10.2 Å². The van der Waals surface area contributed by atoms with Gasteiger partial charge in [-0.3, -0.25) is 0 Å². The predicted octanol–water partition coefficient (Wildman–Crippen LogP) is 2.25. The molecule has 0 fully saturated rings. The molecule has 0 aliphatic heterocycles. The SMILES string of the molecule is BC(C)c1ccc2cc(O)c(C)cc2c1O. The Balaban J connectivity index is 2.79. The Hall–Kier alpha value is -1.64. The second-order valence-electron chi connectivity index (χ2n) is 4.52. The summed E-state index contributed by atoms with van der Waals surface area (Å²) in [7, 11) is 2.05. The summed E-state index contributed by atoms with van der Waals surface area (Å²) < 4.78 is 0. The van der Waals surface area contributed by atoms with Crippen molar-refractivity contribution in [1.29, 1.82) is 0 Å². The van der Waals surface area contributed by atoms with Crippen LogP contribution in [0.1, 0.15) is 23.9 Å². The summed E-state index contributed by atoms with van der Waals surface area (Å²) in [6, 6.07) is 7.36. The van der Waals surface area contributed by atoms with Crippen molar-refractivity contribution in [2.75, 3.05) is 0 Å². The number of benzene rings is 2. The second-order valence-corrected chi connectivity index (χ2v) is 4.52. The van der Waals surface area contributed by atoms with E-state index in [0.717, 1.165) is 21.9 Å². The molecule has 1 atom stereocenters. The first-order valence-corrected chi connectivity index (χ1v) is 5.46. The van der Waals surface area contributed by atoms with Gasteiger partial charge in [-0.05, 0) is 41.4 Å². The monoisotopic (exact) mass is 214 g/mol. The van der Waals surface area contributed by atoms with Crippen molar-refractivity contribution in [3.63, 3.8) is 0 Å². The molecule has 16 heavy (non-hydrogen) atoms. The molecule has 0 saturated heterocycles. The lowest BCUT2D eigenvalue weighted by atomic mass is 9.81. The first-order valence-electron chi connectivity index (χ1n) is 5.46. The topological polar surface area (TPSA) is 40.5 Å². The van der Waals surface area contributed by atoms with Crippen molar-refractivity contribution in [2.24, 2.45) is 0 Å². The van der Waals surface area contributed by atoms with E-state index in [2.05, 4.69) is 0 Å². The van der Waals surface area contributed by atoms with Crippen LogP contribution < -0.4 is 0 Å². The number of phenolic OH excluding ortho intramolecular Hbond substituents is 2. The van der Waals surface area contributed by atoms with E-state index in [0.29, 0.717) is 11.6 Å². The van der Waals surface area contributed by atoms with E-state index < -0.39 is 0 Å². The maximum Gasteiger partial charge on any atom is 0.126 e. The van der Waals surface area contributed by atoms with Gasteiger partial charge in [0, 0.05) is 5.39 Å². The molecule has 82 valence electrons. The van der Waals surface area contributed by atoms with E-state index in [-0.39, 0.29) is 5.75 Å². The molecular weight excluding hydrogens is 199 g/mol. The minimum absolute atomic E-state index is 0.268. The maximum absolute atomic E-state index is 10.2. The fourth-order valence-corrected chi connectivity index (χ4v) is 1.94. The number of hydrogen-bond donors (Lipinski definition) is 2. The van der Waals surface area contributed by atoms with Crippen molar-refractivity contribution >= 4 is 18.6 Å². The van der Waals surface area contributed by atoms with Gasteiger partial charge in [-0.15, -0.1) is 0 Å². The van der Waals surface area contributed by atoms with Crippen LogP contribution in [0.5, 0.6) is 11.5 Å². The molecule has 0 aliphatic rings. The van der Waals surface area contributed by atoms with Gasteiger partial charge < -0.3 is 10.2 Å². The zero-order valence-electron chi connectivity index (χ0n) is 9.78. The van der Waals surface area contributed by atoms with Crippen LogP contribution in [0.4, 0.5) is 0 Å². The number of fused-ring (bicyclic) bond motifs is 1. The van der Waals surface area contributed by atoms with Gasteiger partial charge in [0.05, 0.1) is 0 Å². The standard InChI is InChI=1S/C13H15BO2/c1-7-5-11-9(6-12(7)15)3-4-10(8(2)14)13(11)16/h3-6,8,15-16H,14H2,1-2H3. The van der Waals surface area contributed by atoms with Gasteiger partial charge in [0.15, 0.2) is 0 Å². The highest BCUT2D eigenvalue weighted by Crippen LogP contribution is 2.35. The summed E-state index contributed by atoms with van der Waals surface area (Å²) in [5.74, 6) is 0.887. The molecule has 2 rings (SSSR count). The Labute approximate surface area is 95.9 Å². The number of rotatable bonds is 1. The molecule has 2 aromatic rings. The quantitative estimate of drug-likeness (QED) is 0.714. The van der Waals surface area contributed by atoms with Crippen molar-refractivity contribution in [3.05, 3.63) is 35.4 Å². The summed E-state index contributed by atoms with van der Waals surface area (Å²) in [5, 5.41) is 21.4. The minimum atomic E-state index is 0.268. The van der Waals surface area contributed by atoms with Crippen molar-refractivity contribution in [1.82, 2.24) is 0 Å². The maximum atomic E-state index is 10.2. The summed E-state index contributed by atoms with van der Waals surface area (Å²) in [5.41, 5.74) is 1.72. The van der Waals surface area contributed by atoms with Gasteiger partial charge in [0.2, 0.25) is 0 Å². The van der Waals surface area contributed by atoms with Crippen molar-refractivity contribution in [3.8, 4) is 11.5 Å². The third-order valence-corrected chi connectivity index (χ3v) is 2.96. The highest BCUT2D eigenvalue weighted by Gasteiger charge is 2.10. The lowest BCUT2D eigenvalue weighted by molar-refractivity contribution is 0.470. The first kappa shape index (κ1) is 10.9. The van der Waals surface area contributed by atoms with Crippen LogP contribution in [0.15, 0.2) is 24.3 Å². The molecule has 2 nitrogen and oxygen atoms in total. The number of phenols is 2. The Morgan fingerprint density at radius 3 is 2.50 bits per heavy atom. The normalized spacial score (nSPS) is 12.9. The number of aromatic hydroxyl groups is 2. The average molecular weight is 214 g/mol. The smallest absolute Gasteiger partial charge is 0.126 e. The van der Waals surface area contributed by atoms with E-state index in [4.69, 9.17) is 0 Å². The summed E-state index contributed by atoms with van der Waals surface area (Å²) >= 11 is 0. The van der Waals surface area contributed by atoms with Crippen LogP contribution in [-0.2, 0) is 0 Å². The Morgan fingerprint density at radius 2 is 1.88 bits per heavy atom. The molecule has 0 aliphatic carbocycles.